The third-order valence-corrected chi connectivity index (χ3v) is 6.92. The third-order valence-electron chi connectivity index (χ3n) is 4.02. The fourth-order valence-corrected chi connectivity index (χ4v) is 5.05. The van der Waals surface area contributed by atoms with Crippen LogP contribution in [0.3, 0.4) is 0 Å². The summed E-state index contributed by atoms with van der Waals surface area (Å²) in [5, 5.41) is 6.72. The van der Waals surface area contributed by atoms with Gasteiger partial charge in [0, 0.05) is 17.6 Å². The molecular weight excluding hydrogens is 402 g/mol. The first kappa shape index (κ1) is 18.3. The molecule has 0 aliphatic rings. The molecule has 2 aromatic heterocycles. The lowest BCUT2D eigenvalue weighted by atomic mass is 10.3. The number of furan rings is 1. The number of benzene rings is 2. The SMILES string of the molecule is O=S(=O)(Cc1ccn[nH]1)c1cccc(NS(=O)(=O)c2cc3ccccc3o2)c1. The highest BCUT2D eigenvalue weighted by Gasteiger charge is 2.21. The predicted molar refractivity (Wildman–Crippen MR) is 103 cm³/mol. The lowest BCUT2D eigenvalue weighted by Gasteiger charge is -2.08. The van der Waals surface area contributed by atoms with E-state index in [-0.39, 0.29) is 21.4 Å². The zero-order chi connectivity index (χ0) is 19.8. The van der Waals surface area contributed by atoms with E-state index in [9.17, 15) is 16.8 Å². The topological polar surface area (TPSA) is 122 Å². The largest absolute Gasteiger partial charge is 0.443 e. The van der Waals surface area contributed by atoms with Gasteiger partial charge in [-0.1, -0.05) is 24.3 Å². The molecular formula is C18H15N3O5S2. The number of H-pyrrole nitrogens is 1. The van der Waals surface area contributed by atoms with E-state index in [2.05, 4.69) is 14.9 Å². The predicted octanol–water partition coefficient (Wildman–Crippen LogP) is 2.93. The molecule has 2 aromatic carbocycles. The number of hydrogen-bond acceptors (Lipinski definition) is 6. The van der Waals surface area contributed by atoms with Crippen LogP contribution in [0, 0.1) is 0 Å². The summed E-state index contributed by atoms with van der Waals surface area (Å²) in [6.07, 6.45) is 1.46. The first-order valence-electron chi connectivity index (χ1n) is 8.16. The molecule has 0 unspecified atom stereocenters. The summed E-state index contributed by atoms with van der Waals surface area (Å²) in [6.45, 7) is 0. The van der Waals surface area contributed by atoms with Crippen molar-refractivity contribution in [2.75, 3.05) is 4.72 Å². The lowest BCUT2D eigenvalue weighted by molar-refractivity contribution is 0.484. The van der Waals surface area contributed by atoms with Gasteiger partial charge >= 0.3 is 0 Å². The summed E-state index contributed by atoms with van der Waals surface area (Å²) in [6, 6.07) is 15.5. The van der Waals surface area contributed by atoms with Gasteiger partial charge in [-0.15, -0.1) is 0 Å². The highest BCUT2D eigenvalue weighted by Crippen LogP contribution is 2.26. The maximum absolute atomic E-state index is 12.6. The van der Waals surface area contributed by atoms with Crippen molar-refractivity contribution in [3.8, 4) is 0 Å². The molecule has 0 aliphatic heterocycles. The van der Waals surface area contributed by atoms with Crippen molar-refractivity contribution >= 4 is 36.5 Å². The number of anilines is 1. The number of rotatable bonds is 6. The summed E-state index contributed by atoms with van der Waals surface area (Å²) in [5.41, 5.74) is 0.998. The standard InChI is InChI=1S/C18H15N3O5S2/c22-27(23,12-15-8-9-19-20-15)16-6-3-5-14(11-16)21-28(24,25)18-10-13-4-1-2-7-17(13)26-18/h1-11,21H,12H2,(H,19,20). The van der Waals surface area contributed by atoms with Crippen molar-refractivity contribution in [3.63, 3.8) is 0 Å². The van der Waals surface area contributed by atoms with Crippen LogP contribution in [-0.4, -0.2) is 27.0 Å². The Kier molecular flexibility index (Phi) is 4.44. The maximum Gasteiger partial charge on any atom is 0.295 e. The van der Waals surface area contributed by atoms with Gasteiger partial charge in [-0.3, -0.25) is 9.82 Å². The molecule has 4 aromatic rings. The van der Waals surface area contributed by atoms with E-state index in [1.165, 1.54) is 36.5 Å². The van der Waals surface area contributed by atoms with Crippen LogP contribution in [0.2, 0.25) is 0 Å². The Hall–Kier alpha value is -3.11. The molecule has 28 heavy (non-hydrogen) atoms. The first-order valence-corrected chi connectivity index (χ1v) is 11.3. The Morgan fingerprint density at radius 3 is 2.54 bits per heavy atom. The van der Waals surface area contributed by atoms with Crippen LogP contribution < -0.4 is 4.72 Å². The van der Waals surface area contributed by atoms with Crippen molar-refractivity contribution in [2.24, 2.45) is 0 Å². The average Bonchev–Trinajstić information content (AvgIpc) is 3.31. The van der Waals surface area contributed by atoms with E-state index in [0.717, 1.165) is 0 Å². The van der Waals surface area contributed by atoms with Gasteiger partial charge in [0.2, 0.25) is 5.09 Å². The Labute approximate surface area is 161 Å². The summed E-state index contributed by atoms with van der Waals surface area (Å²) in [7, 11) is -7.69. The molecule has 0 radical (unpaired) electrons. The Morgan fingerprint density at radius 2 is 1.79 bits per heavy atom. The van der Waals surface area contributed by atoms with E-state index in [0.29, 0.717) is 16.7 Å². The van der Waals surface area contributed by atoms with Crippen LogP contribution in [0.15, 0.2) is 81.3 Å². The maximum atomic E-state index is 12.6. The van der Waals surface area contributed by atoms with Gasteiger partial charge in [-0.25, -0.2) is 8.42 Å². The molecule has 0 aliphatic carbocycles. The number of fused-ring (bicyclic) bond motifs is 1. The highest BCUT2D eigenvalue weighted by molar-refractivity contribution is 7.92. The minimum atomic E-state index is -4.02. The third kappa shape index (κ3) is 3.64. The number of sulfonamides is 1. The summed E-state index contributed by atoms with van der Waals surface area (Å²) in [5.74, 6) is -0.271. The zero-order valence-electron chi connectivity index (χ0n) is 14.4. The summed E-state index contributed by atoms with van der Waals surface area (Å²) >= 11 is 0. The van der Waals surface area contributed by atoms with E-state index in [1.54, 1.807) is 30.3 Å². The van der Waals surface area contributed by atoms with Gasteiger partial charge in [0.25, 0.3) is 10.0 Å². The molecule has 0 saturated carbocycles. The Balaban J connectivity index is 1.62. The molecule has 2 heterocycles. The molecule has 0 amide bonds. The number of sulfone groups is 1. The van der Waals surface area contributed by atoms with Gasteiger partial charge in [0.05, 0.1) is 22.0 Å². The van der Waals surface area contributed by atoms with Gasteiger partial charge in [-0.2, -0.15) is 13.5 Å². The van der Waals surface area contributed by atoms with Crippen LogP contribution in [0.5, 0.6) is 0 Å². The zero-order valence-corrected chi connectivity index (χ0v) is 16.0. The molecule has 0 bridgehead atoms. The lowest BCUT2D eigenvalue weighted by Crippen LogP contribution is -2.13. The first-order chi connectivity index (χ1) is 13.3. The van der Waals surface area contributed by atoms with Crippen LogP contribution in [-0.2, 0) is 25.6 Å². The van der Waals surface area contributed by atoms with Crippen LogP contribution in [0.4, 0.5) is 5.69 Å². The average molecular weight is 417 g/mol. The number of nitrogens with zero attached hydrogens (tertiary/aromatic N) is 1. The van der Waals surface area contributed by atoms with Crippen molar-refractivity contribution in [3.05, 3.63) is 72.6 Å². The Morgan fingerprint density at radius 1 is 0.964 bits per heavy atom. The molecule has 4 rings (SSSR count). The van der Waals surface area contributed by atoms with Gasteiger partial charge in [-0.05, 0) is 30.3 Å². The molecule has 0 saturated heterocycles. The van der Waals surface area contributed by atoms with E-state index >= 15 is 0 Å². The van der Waals surface area contributed by atoms with Crippen LogP contribution in [0.25, 0.3) is 11.0 Å². The second-order valence-corrected chi connectivity index (χ2v) is 9.68. The number of aromatic amines is 1. The normalized spacial score (nSPS) is 12.3. The van der Waals surface area contributed by atoms with Crippen molar-refractivity contribution in [1.29, 1.82) is 0 Å². The quantitative estimate of drug-likeness (QED) is 0.497. The molecule has 144 valence electrons. The van der Waals surface area contributed by atoms with Crippen LogP contribution >= 0.6 is 0 Å². The van der Waals surface area contributed by atoms with Gasteiger partial charge < -0.3 is 4.42 Å². The molecule has 0 atom stereocenters. The second kappa shape index (κ2) is 6.80. The fourth-order valence-electron chi connectivity index (χ4n) is 2.70. The van der Waals surface area contributed by atoms with Gasteiger partial charge in [0.15, 0.2) is 9.84 Å². The molecule has 8 nitrogen and oxygen atoms in total. The van der Waals surface area contributed by atoms with Crippen molar-refractivity contribution < 1.29 is 21.3 Å². The number of aromatic nitrogens is 2. The summed E-state index contributed by atoms with van der Waals surface area (Å²) in [4.78, 5) is -0.00749. The van der Waals surface area contributed by atoms with Crippen LogP contribution in [0.1, 0.15) is 5.69 Å². The Bertz CT molecular complexity index is 1310. The molecule has 0 fully saturated rings. The minimum Gasteiger partial charge on any atom is -0.443 e. The minimum absolute atomic E-state index is 0.00749. The highest BCUT2D eigenvalue weighted by atomic mass is 32.2. The van der Waals surface area contributed by atoms with E-state index < -0.39 is 19.9 Å². The van der Waals surface area contributed by atoms with E-state index in [4.69, 9.17) is 4.42 Å². The molecule has 10 heteroatoms. The van der Waals surface area contributed by atoms with E-state index in [1.807, 2.05) is 0 Å². The summed E-state index contributed by atoms with van der Waals surface area (Å²) < 4.78 is 58.1. The number of nitrogens with one attached hydrogen (secondary N) is 2. The van der Waals surface area contributed by atoms with Crippen molar-refractivity contribution in [2.45, 2.75) is 15.7 Å². The molecule has 2 N–H and O–H groups in total. The van der Waals surface area contributed by atoms with Crippen molar-refractivity contribution in [1.82, 2.24) is 10.2 Å². The number of hydrogen-bond donors (Lipinski definition) is 2. The number of para-hydroxylation sites is 1. The monoisotopic (exact) mass is 417 g/mol. The smallest absolute Gasteiger partial charge is 0.295 e. The van der Waals surface area contributed by atoms with Gasteiger partial charge in [0.1, 0.15) is 5.58 Å². The fraction of sp³-hybridized carbons (Fsp3) is 0.0556. The second-order valence-electron chi connectivity index (χ2n) is 6.08. The molecule has 0 spiro atoms.